The number of anilines is 1. The predicted molar refractivity (Wildman–Crippen MR) is 85.2 cm³/mol. The summed E-state index contributed by atoms with van der Waals surface area (Å²) in [7, 11) is 0. The van der Waals surface area contributed by atoms with Gasteiger partial charge in [0.25, 0.3) is 0 Å². The molecule has 0 fully saturated rings. The van der Waals surface area contributed by atoms with Crippen LogP contribution in [0.2, 0.25) is 0 Å². The zero-order valence-corrected chi connectivity index (χ0v) is 12.9. The van der Waals surface area contributed by atoms with Gasteiger partial charge in [0, 0.05) is 37.3 Å². The number of nitrogens with zero attached hydrogens (tertiary/aromatic N) is 2. The lowest BCUT2D eigenvalue weighted by molar-refractivity contribution is 0.764. The summed E-state index contributed by atoms with van der Waals surface area (Å²) in [6.07, 6.45) is 0. The molecule has 1 aliphatic rings. The molecule has 4 nitrogen and oxygen atoms in total. The van der Waals surface area contributed by atoms with E-state index in [-0.39, 0.29) is 0 Å². The summed E-state index contributed by atoms with van der Waals surface area (Å²) in [5.41, 5.74) is 5.13. The zero-order valence-electron chi connectivity index (χ0n) is 12.9. The molecule has 110 valence electrons. The van der Waals surface area contributed by atoms with E-state index in [4.69, 9.17) is 0 Å². The molecule has 1 aromatic carbocycles. The fourth-order valence-corrected chi connectivity index (χ4v) is 2.59. The molecule has 2 N–H and O–H groups in total. The van der Waals surface area contributed by atoms with Gasteiger partial charge in [0.05, 0.1) is 0 Å². The third-order valence-corrected chi connectivity index (χ3v) is 3.76. The summed E-state index contributed by atoms with van der Waals surface area (Å²) in [4.78, 5) is 9.06. The molecule has 2 heterocycles. The van der Waals surface area contributed by atoms with Crippen LogP contribution in [0.5, 0.6) is 0 Å². The van der Waals surface area contributed by atoms with Crippen LogP contribution in [0.25, 0.3) is 0 Å². The molecular formula is C17H22N4. The van der Waals surface area contributed by atoms with Crippen LogP contribution in [0.4, 0.5) is 5.82 Å². The molecule has 0 bridgehead atoms. The van der Waals surface area contributed by atoms with Crippen molar-refractivity contribution < 1.29 is 0 Å². The van der Waals surface area contributed by atoms with Crippen molar-refractivity contribution in [2.75, 3.05) is 5.32 Å². The second kappa shape index (κ2) is 5.82. The molecular weight excluding hydrogens is 260 g/mol. The maximum Gasteiger partial charge on any atom is 0.133 e. The molecule has 4 heteroatoms. The molecule has 0 radical (unpaired) electrons. The Morgan fingerprint density at radius 2 is 1.95 bits per heavy atom. The second-order valence-corrected chi connectivity index (χ2v) is 5.97. The van der Waals surface area contributed by atoms with Crippen LogP contribution in [0.3, 0.4) is 0 Å². The fourth-order valence-electron chi connectivity index (χ4n) is 2.59. The smallest absolute Gasteiger partial charge is 0.133 e. The lowest BCUT2D eigenvalue weighted by Crippen LogP contribution is -2.07. The van der Waals surface area contributed by atoms with Crippen molar-refractivity contribution in [2.45, 2.75) is 46.3 Å². The van der Waals surface area contributed by atoms with Gasteiger partial charge in [-0.25, -0.2) is 9.97 Å². The van der Waals surface area contributed by atoms with Crippen molar-refractivity contribution in [1.29, 1.82) is 0 Å². The molecule has 0 unspecified atom stereocenters. The highest BCUT2D eigenvalue weighted by atomic mass is 15.0. The van der Waals surface area contributed by atoms with Crippen LogP contribution < -0.4 is 10.6 Å². The highest BCUT2D eigenvalue weighted by Crippen LogP contribution is 2.18. The van der Waals surface area contributed by atoms with E-state index in [0.29, 0.717) is 5.92 Å². The Morgan fingerprint density at radius 3 is 2.76 bits per heavy atom. The minimum Gasteiger partial charge on any atom is -0.366 e. The number of benzene rings is 1. The van der Waals surface area contributed by atoms with Gasteiger partial charge in [-0.3, -0.25) is 0 Å². The van der Waals surface area contributed by atoms with Crippen molar-refractivity contribution in [3.8, 4) is 0 Å². The number of hydrogen-bond acceptors (Lipinski definition) is 4. The molecule has 0 aliphatic carbocycles. The van der Waals surface area contributed by atoms with E-state index in [1.807, 2.05) is 13.0 Å². The van der Waals surface area contributed by atoms with Crippen molar-refractivity contribution >= 4 is 5.82 Å². The Kier molecular flexibility index (Phi) is 3.88. The highest BCUT2D eigenvalue weighted by molar-refractivity contribution is 5.40. The lowest BCUT2D eigenvalue weighted by Gasteiger charge is -2.11. The number of aryl methyl sites for hydroxylation is 1. The summed E-state index contributed by atoms with van der Waals surface area (Å²) < 4.78 is 0. The van der Waals surface area contributed by atoms with E-state index >= 15 is 0 Å². The maximum absolute atomic E-state index is 4.59. The van der Waals surface area contributed by atoms with Gasteiger partial charge in [0.15, 0.2) is 0 Å². The summed E-state index contributed by atoms with van der Waals surface area (Å²) in [6, 6.07) is 8.69. The first kappa shape index (κ1) is 14.0. The first-order valence-electron chi connectivity index (χ1n) is 7.52. The quantitative estimate of drug-likeness (QED) is 0.904. The normalized spacial score (nSPS) is 13.5. The molecule has 0 spiro atoms. The summed E-state index contributed by atoms with van der Waals surface area (Å²) in [6.45, 7) is 9.01. The van der Waals surface area contributed by atoms with Gasteiger partial charge < -0.3 is 10.6 Å². The molecule has 0 saturated carbocycles. The average Bonchev–Trinajstić information content (AvgIpc) is 2.92. The van der Waals surface area contributed by atoms with E-state index in [9.17, 15) is 0 Å². The Balaban J connectivity index is 1.73. The summed E-state index contributed by atoms with van der Waals surface area (Å²) in [5, 5.41) is 6.79. The SMILES string of the molecule is Cc1cc(NCc2ccc3c(c2)CNC3)nc(C(C)C)n1. The number of hydrogen-bond donors (Lipinski definition) is 2. The van der Waals surface area contributed by atoms with E-state index in [2.05, 4.69) is 52.6 Å². The maximum atomic E-state index is 4.59. The first-order chi connectivity index (χ1) is 10.1. The van der Waals surface area contributed by atoms with Gasteiger partial charge >= 0.3 is 0 Å². The molecule has 0 saturated heterocycles. The Hall–Kier alpha value is -1.94. The molecule has 0 atom stereocenters. The van der Waals surface area contributed by atoms with Gasteiger partial charge in [-0.2, -0.15) is 0 Å². The van der Waals surface area contributed by atoms with Gasteiger partial charge in [0.1, 0.15) is 11.6 Å². The second-order valence-electron chi connectivity index (χ2n) is 5.97. The molecule has 0 amide bonds. The van der Waals surface area contributed by atoms with Crippen LogP contribution in [0, 0.1) is 6.92 Å². The predicted octanol–water partition coefficient (Wildman–Crippen LogP) is 3.12. The Labute approximate surface area is 126 Å². The standard InChI is InChI=1S/C17H22N4/c1-11(2)17-20-12(3)6-16(21-17)19-8-13-4-5-14-9-18-10-15(14)7-13/h4-7,11,18H,8-10H2,1-3H3,(H,19,20,21). The molecule has 2 aromatic rings. The van der Waals surface area contributed by atoms with Crippen LogP contribution in [-0.2, 0) is 19.6 Å². The molecule has 21 heavy (non-hydrogen) atoms. The van der Waals surface area contributed by atoms with Gasteiger partial charge in [0.2, 0.25) is 0 Å². The highest BCUT2D eigenvalue weighted by Gasteiger charge is 2.10. The molecule has 1 aromatic heterocycles. The number of nitrogens with one attached hydrogen (secondary N) is 2. The topological polar surface area (TPSA) is 49.8 Å². The largest absolute Gasteiger partial charge is 0.366 e. The Bertz CT molecular complexity index is 649. The summed E-state index contributed by atoms with van der Waals surface area (Å²) >= 11 is 0. The van der Waals surface area contributed by atoms with Gasteiger partial charge in [-0.05, 0) is 23.6 Å². The summed E-state index contributed by atoms with van der Waals surface area (Å²) in [5.74, 6) is 2.15. The van der Waals surface area contributed by atoms with Crippen LogP contribution in [0.1, 0.15) is 48.0 Å². The monoisotopic (exact) mass is 282 g/mol. The van der Waals surface area contributed by atoms with Crippen LogP contribution in [-0.4, -0.2) is 9.97 Å². The molecule has 1 aliphatic heterocycles. The van der Waals surface area contributed by atoms with Gasteiger partial charge in [-0.1, -0.05) is 32.0 Å². The zero-order chi connectivity index (χ0) is 14.8. The third-order valence-electron chi connectivity index (χ3n) is 3.76. The Morgan fingerprint density at radius 1 is 1.14 bits per heavy atom. The number of rotatable bonds is 4. The van der Waals surface area contributed by atoms with Crippen LogP contribution in [0.15, 0.2) is 24.3 Å². The van der Waals surface area contributed by atoms with E-state index < -0.39 is 0 Å². The number of aromatic nitrogens is 2. The minimum absolute atomic E-state index is 0.344. The van der Waals surface area contributed by atoms with Crippen molar-refractivity contribution in [3.63, 3.8) is 0 Å². The average molecular weight is 282 g/mol. The fraction of sp³-hybridized carbons (Fsp3) is 0.412. The van der Waals surface area contributed by atoms with E-state index in [1.54, 1.807) is 0 Å². The minimum atomic E-state index is 0.344. The van der Waals surface area contributed by atoms with Gasteiger partial charge in [-0.15, -0.1) is 0 Å². The van der Waals surface area contributed by atoms with Crippen LogP contribution >= 0.6 is 0 Å². The van der Waals surface area contributed by atoms with E-state index in [0.717, 1.165) is 37.0 Å². The molecule has 3 rings (SSSR count). The van der Waals surface area contributed by atoms with Crippen molar-refractivity contribution in [2.24, 2.45) is 0 Å². The third kappa shape index (κ3) is 3.22. The van der Waals surface area contributed by atoms with Crippen molar-refractivity contribution in [1.82, 2.24) is 15.3 Å². The number of fused-ring (bicyclic) bond motifs is 1. The van der Waals surface area contributed by atoms with Crippen molar-refractivity contribution in [3.05, 3.63) is 52.5 Å². The van der Waals surface area contributed by atoms with E-state index in [1.165, 1.54) is 16.7 Å². The lowest BCUT2D eigenvalue weighted by atomic mass is 10.1. The first-order valence-corrected chi connectivity index (χ1v) is 7.52.